The molecule has 0 aliphatic rings. The molecule has 7 heteroatoms. The van der Waals surface area contributed by atoms with Crippen molar-refractivity contribution in [2.24, 2.45) is 0 Å². The molecule has 0 fully saturated rings. The Bertz CT molecular complexity index is 643. The highest BCUT2D eigenvalue weighted by molar-refractivity contribution is 7.13. The van der Waals surface area contributed by atoms with E-state index in [0.29, 0.717) is 16.3 Å². The van der Waals surface area contributed by atoms with Crippen LogP contribution in [0, 0.1) is 0 Å². The summed E-state index contributed by atoms with van der Waals surface area (Å²) in [5.41, 5.74) is 6.52. The van der Waals surface area contributed by atoms with Crippen molar-refractivity contribution in [3.05, 3.63) is 34.8 Å². The summed E-state index contributed by atoms with van der Waals surface area (Å²) in [4.78, 5) is 15.8. The molecule has 0 saturated heterocycles. The Kier molecular flexibility index (Phi) is 3.90. The smallest absolute Gasteiger partial charge is 0.253 e. The number of nitrogens with zero attached hydrogens (tertiary/aromatic N) is 1. The number of benzene rings is 1. The third-order valence-electron chi connectivity index (χ3n) is 2.54. The van der Waals surface area contributed by atoms with Gasteiger partial charge in [-0.3, -0.25) is 10.1 Å². The van der Waals surface area contributed by atoms with Crippen LogP contribution >= 0.6 is 11.3 Å². The summed E-state index contributed by atoms with van der Waals surface area (Å²) in [6, 6.07) is 2.79. The molecule has 2 aromatic rings. The summed E-state index contributed by atoms with van der Waals surface area (Å²) in [5, 5.41) is 23.7. The molecule has 6 nitrogen and oxygen atoms in total. The highest BCUT2D eigenvalue weighted by Gasteiger charge is 2.09. The van der Waals surface area contributed by atoms with E-state index in [4.69, 9.17) is 5.73 Å². The van der Waals surface area contributed by atoms with Crippen LogP contribution in [0.5, 0.6) is 11.5 Å². The highest BCUT2D eigenvalue weighted by Crippen LogP contribution is 2.33. The van der Waals surface area contributed by atoms with Crippen LogP contribution < -0.4 is 11.1 Å². The van der Waals surface area contributed by atoms with Crippen molar-refractivity contribution in [2.75, 3.05) is 11.1 Å². The molecule has 1 heterocycles. The van der Waals surface area contributed by atoms with Gasteiger partial charge in [-0.2, -0.15) is 0 Å². The number of nitrogens with two attached hydrogens (primary N) is 1. The summed E-state index contributed by atoms with van der Waals surface area (Å²) in [6.07, 6.45) is 3.15. The first kappa shape index (κ1) is 13.9. The fraction of sp³-hybridized carbons (Fsp3) is 0.0769. The van der Waals surface area contributed by atoms with Gasteiger partial charge >= 0.3 is 0 Å². The molecule has 0 bridgehead atoms. The lowest BCUT2D eigenvalue weighted by Crippen LogP contribution is -2.12. The Labute approximate surface area is 119 Å². The van der Waals surface area contributed by atoms with E-state index in [9.17, 15) is 15.0 Å². The maximum Gasteiger partial charge on any atom is 0.253 e. The molecule has 20 heavy (non-hydrogen) atoms. The number of thiazole rings is 1. The molecule has 1 aromatic heterocycles. The maximum atomic E-state index is 11.9. The van der Waals surface area contributed by atoms with Gasteiger partial charge in [0.1, 0.15) is 0 Å². The van der Waals surface area contributed by atoms with Crippen molar-refractivity contribution in [1.82, 2.24) is 4.98 Å². The molecule has 0 atom stereocenters. The van der Waals surface area contributed by atoms with Crippen molar-refractivity contribution < 1.29 is 15.0 Å². The zero-order valence-corrected chi connectivity index (χ0v) is 11.4. The van der Waals surface area contributed by atoms with Crippen molar-refractivity contribution in [2.45, 2.75) is 6.92 Å². The fourth-order valence-corrected chi connectivity index (χ4v) is 2.07. The summed E-state index contributed by atoms with van der Waals surface area (Å²) in [6.45, 7) is 1.63. The van der Waals surface area contributed by atoms with Crippen LogP contribution in [0.3, 0.4) is 0 Å². The molecular formula is C13H13N3O3S. The topological polar surface area (TPSA) is 108 Å². The lowest BCUT2D eigenvalue weighted by atomic mass is 10.1. The van der Waals surface area contributed by atoms with Gasteiger partial charge < -0.3 is 15.9 Å². The van der Waals surface area contributed by atoms with E-state index in [-0.39, 0.29) is 23.1 Å². The third kappa shape index (κ3) is 3.07. The molecule has 0 spiro atoms. The quantitative estimate of drug-likeness (QED) is 0.394. The van der Waals surface area contributed by atoms with Gasteiger partial charge in [0.2, 0.25) is 0 Å². The SMILES string of the molecule is C/C(=C\c1cc(N)c(O)c(O)c1)C(=O)Nc1nccs1. The lowest BCUT2D eigenvalue weighted by molar-refractivity contribution is -0.112. The Morgan fingerprint density at radius 1 is 1.45 bits per heavy atom. The van der Waals surface area contributed by atoms with E-state index >= 15 is 0 Å². The number of nitrogens with one attached hydrogen (secondary N) is 1. The van der Waals surface area contributed by atoms with Crippen molar-refractivity contribution in [3.8, 4) is 11.5 Å². The zero-order chi connectivity index (χ0) is 14.7. The Hall–Kier alpha value is -2.54. The van der Waals surface area contributed by atoms with Gasteiger partial charge in [-0.25, -0.2) is 4.98 Å². The van der Waals surface area contributed by atoms with Gasteiger partial charge in [0.15, 0.2) is 16.6 Å². The first-order valence-electron chi connectivity index (χ1n) is 5.68. The molecule has 0 saturated carbocycles. The Morgan fingerprint density at radius 2 is 2.20 bits per heavy atom. The summed E-state index contributed by atoms with van der Waals surface area (Å²) in [7, 11) is 0. The second-order valence-electron chi connectivity index (χ2n) is 4.10. The highest BCUT2D eigenvalue weighted by atomic mass is 32.1. The van der Waals surface area contributed by atoms with E-state index in [0.717, 1.165) is 0 Å². The van der Waals surface area contributed by atoms with Gasteiger partial charge in [-0.1, -0.05) is 0 Å². The second-order valence-corrected chi connectivity index (χ2v) is 4.99. The number of amides is 1. The monoisotopic (exact) mass is 291 g/mol. The van der Waals surface area contributed by atoms with Crippen LogP contribution in [-0.4, -0.2) is 21.1 Å². The lowest BCUT2D eigenvalue weighted by Gasteiger charge is -2.05. The molecule has 0 unspecified atom stereocenters. The number of hydrogen-bond donors (Lipinski definition) is 4. The summed E-state index contributed by atoms with van der Waals surface area (Å²) in [5.74, 6) is -0.998. The molecule has 0 aliphatic heterocycles. The Morgan fingerprint density at radius 3 is 2.80 bits per heavy atom. The second kappa shape index (κ2) is 5.62. The number of rotatable bonds is 3. The molecule has 0 radical (unpaired) electrons. The Balaban J connectivity index is 2.19. The number of aromatic hydroxyl groups is 2. The molecular weight excluding hydrogens is 278 g/mol. The molecule has 1 aromatic carbocycles. The normalized spacial score (nSPS) is 11.3. The number of aromatic nitrogens is 1. The first-order valence-corrected chi connectivity index (χ1v) is 6.56. The maximum absolute atomic E-state index is 11.9. The van der Waals surface area contributed by atoms with Gasteiger partial charge in [0.25, 0.3) is 5.91 Å². The van der Waals surface area contributed by atoms with Crippen LogP contribution in [-0.2, 0) is 4.79 Å². The van der Waals surface area contributed by atoms with Crippen LogP contribution in [0.4, 0.5) is 10.8 Å². The number of nitrogen functional groups attached to an aromatic ring is 1. The van der Waals surface area contributed by atoms with Crippen LogP contribution in [0.1, 0.15) is 12.5 Å². The summed E-state index contributed by atoms with van der Waals surface area (Å²) < 4.78 is 0. The minimum Gasteiger partial charge on any atom is -0.504 e. The van der Waals surface area contributed by atoms with Crippen molar-refractivity contribution in [1.29, 1.82) is 0 Å². The molecule has 5 N–H and O–H groups in total. The van der Waals surface area contributed by atoms with E-state index in [1.807, 2.05) is 0 Å². The van der Waals surface area contributed by atoms with Gasteiger partial charge in [-0.05, 0) is 30.7 Å². The standard InChI is InChI=1S/C13H13N3O3S/c1-7(12(19)16-13-15-2-3-20-13)4-8-5-9(14)11(18)10(17)6-8/h2-6,17-18H,14H2,1H3,(H,15,16,19)/b7-4+. The largest absolute Gasteiger partial charge is 0.504 e. The minimum atomic E-state index is -0.368. The average molecular weight is 291 g/mol. The number of hydrogen-bond acceptors (Lipinski definition) is 6. The summed E-state index contributed by atoms with van der Waals surface area (Å²) >= 11 is 1.32. The van der Waals surface area contributed by atoms with Gasteiger partial charge in [-0.15, -0.1) is 11.3 Å². The van der Waals surface area contributed by atoms with Crippen molar-refractivity contribution >= 4 is 34.1 Å². The van der Waals surface area contributed by atoms with Crippen LogP contribution in [0.25, 0.3) is 6.08 Å². The molecule has 0 aliphatic carbocycles. The molecule has 104 valence electrons. The van der Waals surface area contributed by atoms with Gasteiger partial charge in [0, 0.05) is 17.2 Å². The molecule has 2 rings (SSSR count). The van der Waals surface area contributed by atoms with Crippen LogP contribution in [0.15, 0.2) is 29.3 Å². The van der Waals surface area contributed by atoms with E-state index in [2.05, 4.69) is 10.3 Å². The van der Waals surface area contributed by atoms with Gasteiger partial charge in [0.05, 0.1) is 5.69 Å². The van der Waals surface area contributed by atoms with Crippen molar-refractivity contribution in [3.63, 3.8) is 0 Å². The number of phenols is 2. The number of phenolic OH excluding ortho intramolecular Hbond substituents is 2. The number of carbonyl (C=O) groups is 1. The fourth-order valence-electron chi connectivity index (χ4n) is 1.54. The third-order valence-corrected chi connectivity index (χ3v) is 3.22. The predicted octanol–water partition coefficient (Wildman–Crippen LogP) is 2.18. The predicted molar refractivity (Wildman–Crippen MR) is 78.6 cm³/mol. The first-order chi connectivity index (χ1) is 9.47. The number of anilines is 2. The minimum absolute atomic E-state index is 0.0457. The molecule has 1 amide bonds. The van der Waals surface area contributed by atoms with E-state index in [1.165, 1.54) is 23.5 Å². The zero-order valence-electron chi connectivity index (χ0n) is 10.6. The van der Waals surface area contributed by atoms with Crippen LogP contribution in [0.2, 0.25) is 0 Å². The van der Waals surface area contributed by atoms with E-state index in [1.54, 1.807) is 24.6 Å². The average Bonchev–Trinajstić information content (AvgIpc) is 2.88. The number of carbonyl (C=O) groups excluding carboxylic acids is 1. The van der Waals surface area contributed by atoms with E-state index < -0.39 is 0 Å².